The molecule has 1 aromatic rings. The summed E-state index contributed by atoms with van der Waals surface area (Å²) < 4.78 is 0. The van der Waals surface area contributed by atoms with Crippen molar-refractivity contribution in [2.75, 3.05) is 6.54 Å². The summed E-state index contributed by atoms with van der Waals surface area (Å²) in [6.07, 6.45) is 5.09. The topological polar surface area (TPSA) is 54.9 Å². The number of amides is 1. The second-order valence-electron chi connectivity index (χ2n) is 3.72. The summed E-state index contributed by atoms with van der Waals surface area (Å²) in [5.74, 6) is 0.566. The fraction of sp³-hybridized carbons (Fsp3) is 0.500. The van der Waals surface area contributed by atoms with Gasteiger partial charge in [-0.15, -0.1) is 5.10 Å². The van der Waals surface area contributed by atoms with Crippen molar-refractivity contribution >= 4 is 17.5 Å². The Labute approximate surface area is 93.0 Å². The molecule has 1 aliphatic carbocycles. The molecule has 0 bridgehead atoms. The second kappa shape index (κ2) is 4.57. The zero-order valence-corrected chi connectivity index (χ0v) is 9.00. The molecule has 80 valence electrons. The van der Waals surface area contributed by atoms with Crippen LogP contribution < -0.4 is 5.32 Å². The van der Waals surface area contributed by atoms with Crippen LogP contribution in [0.5, 0.6) is 0 Å². The molecule has 0 aromatic carbocycles. The molecule has 15 heavy (non-hydrogen) atoms. The number of hydrogen-bond acceptors (Lipinski definition) is 3. The number of nitrogens with zero attached hydrogens (tertiary/aromatic N) is 2. The quantitative estimate of drug-likeness (QED) is 0.848. The average Bonchev–Trinajstić information content (AvgIpc) is 3.02. The SMILES string of the molecule is O=C(NCCC1CC1)c1nnccc1Cl. The van der Waals surface area contributed by atoms with Gasteiger partial charge in [0.1, 0.15) is 0 Å². The third-order valence-electron chi connectivity index (χ3n) is 2.42. The molecule has 1 amide bonds. The van der Waals surface area contributed by atoms with Gasteiger partial charge in [0, 0.05) is 6.54 Å². The molecule has 0 atom stereocenters. The minimum absolute atomic E-state index is 0.204. The maximum absolute atomic E-state index is 11.6. The van der Waals surface area contributed by atoms with Crippen molar-refractivity contribution in [2.24, 2.45) is 5.92 Å². The number of carbonyl (C=O) groups is 1. The van der Waals surface area contributed by atoms with E-state index in [9.17, 15) is 4.79 Å². The van der Waals surface area contributed by atoms with Crippen LogP contribution >= 0.6 is 11.6 Å². The van der Waals surface area contributed by atoms with Crippen LogP contribution in [0, 0.1) is 5.92 Å². The summed E-state index contributed by atoms with van der Waals surface area (Å²) in [6, 6.07) is 1.56. The Kier molecular flexibility index (Phi) is 3.16. The molecule has 0 radical (unpaired) electrons. The van der Waals surface area contributed by atoms with E-state index in [1.54, 1.807) is 6.07 Å². The molecule has 1 fully saturated rings. The lowest BCUT2D eigenvalue weighted by Gasteiger charge is -2.03. The summed E-state index contributed by atoms with van der Waals surface area (Å²) in [5.41, 5.74) is 0.204. The molecule has 1 aromatic heterocycles. The molecule has 2 rings (SSSR count). The van der Waals surface area contributed by atoms with E-state index in [0.717, 1.165) is 12.3 Å². The molecule has 1 aliphatic rings. The van der Waals surface area contributed by atoms with Crippen LogP contribution in [-0.4, -0.2) is 22.6 Å². The molecule has 0 spiro atoms. The monoisotopic (exact) mass is 225 g/mol. The second-order valence-corrected chi connectivity index (χ2v) is 4.12. The summed E-state index contributed by atoms with van der Waals surface area (Å²) >= 11 is 5.81. The van der Waals surface area contributed by atoms with Crippen molar-refractivity contribution in [2.45, 2.75) is 19.3 Å². The summed E-state index contributed by atoms with van der Waals surface area (Å²) in [6.45, 7) is 0.691. The van der Waals surface area contributed by atoms with Crippen LogP contribution in [0.2, 0.25) is 5.02 Å². The number of carbonyl (C=O) groups excluding carboxylic acids is 1. The minimum atomic E-state index is -0.242. The molecule has 0 aliphatic heterocycles. The molecular formula is C10H12ClN3O. The van der Waals surface area contributed by atoms with E-state index >= 15 is 0 Å². The van der Waals surface area contributed by atoms with Gasteiger partial charge in [0.15, 0.2) is 5.69 Å². The number of aromatic nitrogens is 2. The number of nitrogens with one attached hydrogen (secondary N) is 1. The Morgan fingerprint density at radius 1 is 1.60 bits per heavy atom. The predicted octanol–water partition coefficient (Wildman–Crippen LogP) is 1.66. The Hall–Kier alpha value is -1.16. The summed E-state index contributed by atoms with van der Waals surface area (Å²) in [4.78, 5) is 11.6. The number of rotatable bonds is 4. The fourth-order valence-corrected chi connectivity index (χ4v) is 1.53. The zero-order valence-electron chi connectivity index (χ0n) is 8.24. The highest BCUT2D eigenvalue weighted by Crippen LogP contribution is 2.31. The van der Waals surface area contributed by atoms with Gasteiger partial charge < -0.3 is 5.32 Å². The smallest absolute Gasteiger partial charge is 0.273 e. The van der Waals surface area contributed by atoms with E-state index in [1.807, 2.05) is 0 Å². The Morgan fingerprint density at radius 3 is 3.07 bits per heavy atom. The Morgan fingerprint density at radius 2 is 2.40 bits per heavy atom. The lowest BCUT2D eigenvalue weighted by atomic mass is 10.3. The van der Waals surface area contributed by atoms with Crippen LogP contribution in [0.1, 0.15) is 29.8 Å². The Bertz CT molecular complexity index is 365. The largest absolute Gasteiger partial charge is 0.351 e. The fourth-order valence-electron chi connectivity index (χ4n) is 1.35. The molecule has 5 heteroatoms. The van der Waals surface area contributed by atoms with Gasteiger partial charge in [-0.1, -0.05) is 24.4 Å². The first-order chi connectivity index (χ1) is 7.27. The maximum Gasteiger partial charge on any atom is 0.273 e. The molecule has 1 saturated carbocycles. The van der Waals surface area contributed by atoms with E-state index in [0.29, 0.717) is 11.6 Å². The van der Waals surface area contributed by atoms with Gasteiger partial charge in [0.2, 0.25) is 0 Å². The van der Waals surface area contributed by atoms with Gasteiger partial charge in [0.05, 0.1) is 11.2 Å². The van der Waals surface area contributed by atoms with E-state index in [4.69, 9.17) is 11.6 Å². The van der Waals surface area contributed by atoms with Gasteiger partial charge in [-0.2, -0.15) is 5.10 Å². The first kappa shape index (κ1) is 10.4. The molecule has 1 heterocycles. The third kappa shape index (κ3) is 2.89. The van der Waals surface area contributed by atoms with Crippen molar-refractivity contribution in [1.82, 2.24) is 15.5 Å². The highest BCUT2D eigenvalue weighted by atomic mass is 35.5. The van der Waals surface area contributed by atoms with Crippen molar-refractivity contribution in [3.63, 3.8) is 0 Å². The van der Waals surface area contributed by atoms with Gasteiger partial charge in [-0.25, -0.2) is 0 Å². The van der Waals surface area contributed by atoms with Crippen molar-refractivity contribution in [3.05, 3.63) is 23.0 Å². The number of hydrogen-bond donors (Lipinski definition) is 1. The van der Waals surface area contributed by atoms with E-state index in [1.165, 1.54) is 19.0 Å². The molecular weight excluding hydrogens is 214 g/mol. The van der Waals surface area contributed by atoms with Crippen molar-refractivity contribution < 1.29 is 4.79 Å². The minimum Gasteiger partial charge on any atom is -0.351 e. The van der Waals surface area contributed by atoms with Crippen LogP contribution in [-0.2, 0) is 0 Å². The predicted molar refractivity (Wildman–Crippen MR) is 56.7 cm³/mol. The highest BCUT2D eigenvalue weighted by Gasteiger charge is 2.21. The number of halogens is 1. The van der Waals surface area contributed by atoms with Crippen LogP contribution in [0.25, 0.3) is 0 Å². The first-order valence-electron chi connectivity index (χ1n) is 5.03. The van der Waals surface area contributed by atoms with E-state index in [2.05, 4.69) is 15.5 Å². The standard InChI is InChI=1S/C10H12ClN3O/c11-8-4-6-13-14-9(8)10(15)12-5-3-7-1-2-7/h4,6-7H,1-3,5H2,(H,12,15). The van der Waals surface area contributed by atoms with Crippen LogP contribution in [0.15, 0.2) is 12.3 Å². The van der Waals surface area contributed by atoms with Gasteiger partial charge in [0.25, 0.3) is 5.91 Å². The van der Waals surface area contributed by atoms with Crippen LogP contribution in [0.3, 0.4) is 0 Å². The first-order valence-corrected chi connectivity index (χ1v) is 5.40. The van der Waals surface area contributed by atoms with E-state index in [-0.39, 0.29) is 11.6 Å². The van der Waals surface area contributed by atoms with Gasteiger partial charge in [-0.05, 0) is 18.4 Å². The van der Waals surface area contributed by atoms with Crippen LogP contribution in [0.4, 0.5) is 0 Å². The van der Waals surface area contributed by atoms with E-state index < -0.39 is 0 Å². The average molecular weight is 226 g/mol. The highest BCUT2D eigenvalue weighted by molar-refractivity contribution is 6.33. The van der Waals surface area contributed by atoms with Gasteiger partial charge >= 0.3 is 0 Å². The summed E-state index contributed by atoms with van der Waals surface area (Å²) in [7, 11) is 0. The van der Waals surface area contributed by atoms with Crippen molar-refractivity contribution in [1.29, 1.82) is 0 Å². The normalized spacial score (nSPS) is 15.0. The lowest BCUT2D eigenvalue weighted by Crippen LogP contribution is -2.26. The van der Waals surface area contributed by atoms with Gasteiger partial charge in [-0.3, -0.25) is 4.79 Å². The molecule has 0 unspecified atom stereocenters. The molecule has 0 saturated heterocycles. The third-order valence-corrected chi connectivity index (χ3v) is 2.73. The molecule has 1 N–H and O–H groups in total. The lowest BCUT2D eigenvalue weighted by molar-refractivity contribution is 0.0947. The molecule has 4 nitrogen and oxygen atoms in total. The zero-order chi connectivity index (χ0) is 10.7. The summed E-state index contributed by atoms with van der Waals surface area (Å²) in [5, 5.41) is 10.5. The maximum atomic E-state index is 11.6. The Balaban J connectivity index is 1.86. The van der Waals surface area contributed by atoms with Crippen molar-refractivity contribution in [3.8, 4) is 0 Å².